The van der Waals surface area contributed by atoms with Crippen LogP contribution in [0.5, 0.6) is 0 Å². The fourth-order valence-corrected chi connectivity index (χ4v) is 1.84. The van der Waals surface area contributed by atoms with Crippen molar-refractivity contribution in [3.05, 3.63) is 11.9 Å². The predicted octanol–water partition coefficient (Wildman–Crippen LogP) is 3.05. The molecule has 0 atom stereocenters. The lowest BCUT2D eigenvalue weighted by molar-refractivity contribution is 0.564. The van der Waals surface area contributed by atoms with Gasteiger partial charge in [0.1, 0.15) is 17.5 Å². The number of nitrogens with two attached hydrogens (primary N) is 1. The van der Waals surface area contributed by atoms with Gasteiger partial charge in [0.2, 0.25) is 0 Å². The van der Waals surface area contributed by atoms with Crippen LogP contribution in [-0.4, -0.2) is 22.6 Å². The van der Waals surface area contributed by atoms with Crippen LogP contribution in [0.4, 0.5) is 11.6 Å². The van der Waals surface area contributed by atoms with Gasteiger partial charge in [-0.3, -0.25) is 0 Å². The molecule has 0 aliphatic carbocycles. The normalized spacial score (nSPS) is 11.6. The lowest BCUT2D eigenvalue weighted by Gasteiger charge is -2.30. The van der Waals surface area contributed by atoms with Gasteiger partial charge in [-0.25, -0.2) is 9.97 Å². The molecule has 4 heteroatoms. The molecule has 4 nitrogen and oxygen atoms in total. The summed E-state index contributed by atoms with van der Waals surface area (Å²) in [5.41, 5.74) is 5.89. The Morgan fingerprint density at radius 2 is 1.72 bits per heavy atom. The van der Waals surface area contributed by atoms with E-state index in [0.717, 1.165) is 18.2 Å². The van der Waals surface area contributed by atoms with Crippen molar-refractivity contribution in [2.24, 2.45) is 5.92 Å². The summed E-state index contributed by atoms with van der Waals surface area (Å²) < 4.78 is 0. The van der Waals surface area contributed by atoms with Crippen molar-refractivity contribution in [1.29, 1.82) is 0 Å². The highest BCUT2D eigenvalue weighted by Gasteiger charge is 2.16. The van der Waals surface area contributed by atoms with Gasteiger partial charge in [0.15, 0.2) is 0 Å². The number of hydrogen-bond acceptors (Lipinski definition) is 4. The molecule has 0 aromatic carbocycles. The van der Waals surface area contributed by atoms with Crippen molar-refractivity contribution in [2.45, 2.75) is 53.5 Å². The van der Waals surface area contributed by atoms with Gasteiger partial charge in [-0.15, -0.1) is 0 Å². The van der Waals surface area contributed by atoms with Crippen molar-refractivity contribution in [3.63, 3.8) is 0 Å². The van der Waals surface area contributed by atoms with E-state index >= 15 is 0 Å². The molecule has 1 aromatic rings. The minimum absolute atomic E-state index is 0.292. The van der Waals surface area contributed by atoms with Gasteiger partial charge in [0, 0.05) is 24.6 Å². The van der Waals surface area contributed by atoms with Gasteiger partial charge in [-0.05, 0) is 19.8 Å². The number of nitrogens with zero attached hydrogens (tertiary/aromatic N) is 3. The Balaban J connectivity index is 3.11. The zero-order valence-corrected chi connectivity index (χ0v) is 12.4. The summed E-state index contributed by atoms with van der Waals surface area (Å²) in [5.74, 6) is 3.19. The van der Waals surface area contributed by atoms with E-state index in [-0.39, 0.29) is 0 Å². The summed E-state index contributed by atoms with van der Waals surface area (Å²) in [6.45, 7) is 13.9. The molecule has 0 spiro atoms. The molecule has 102 valence electrons. The summed E-state index contributed by atoms with van der Waals surface area (Å²) in [4.78, 5) is 11.2. The van der Waals surface area contributed by atoms with Crippen LogP contribution >= 0.6 is 0 Å². The molecule has 0 aliphatic rings. The maximum atomic E-state index is 5.89. The zero-order valence-electron chi connectivity index (χ0n) is 12.4. The van der Waals surface area contributed by atoms with E-state index in [2.05, 4.69) is 56.4 Å². The summed E-state index contributed by atoms with van der Waals surface area (Å²) in [6, 6.07) is 2.27. The lowest BCUT2D eigenvalue weighted by Crippen LogP contribution is -2.35. The number of aromatic nitrogens is 2. The highest BCUT2D eigenvalue weighted by molar-refractivity contribution is 5.48. The van der Waals surface area contributed by atoms with E-state index in [1.54, 1.807) is 0 Å². The largest absolute Gasteiger partial charge is 0.384 e. The standard InChI is InChI=1S/C14H26N4/c1-9(2)8-18(11(5)6)13-7-12(15)16-14(17-13)10(3)4/h7,9-11H,8H2,1-6H3,(H2,15,16,17). The van der Waals surface area contributed by atoms with Crippen LogP contribution in [0.3, 0.4) is 0 Å². The van der Waals surface area contributed by atoms with E-state index in [1.165, 1.54) is 0 Å². The van der Waals surface area contributed by atoms with Gasteiger partial charge in [0.25, 0.3) is 0 Å². The maximum absolute atomic E-state index is 5.89. The van der Waals surface area contributed by atoms with E-state index in [0.29, 0.717) is 23.7 Å². The van der Waals surface area contributed by atoms with Crippen molar-refractivity contribution in [2.75, 3.05) is 17.2 Å². The minimum Gasteiger partial charge on any atom is -0.384 e. The van der Waals surface area contributed by atoms with Crippen LogP contribution in [0.25, 0.3) is 0 Å². The Morgan fingerprint density at radius 3 is 2.17 bits per heavy atom. The van der Waals surface area contributed by atoms with E-state index < -0.39 is 0 Å². The fourth-order valence-electron chi connectivity index (χ4n) is 1.84. The van der Waals surface area contributed by atoms with E-state index in [4.69, 9.17) is 5.73 Å². The van der Waals surface area contributed by atoms with Crippen LogP contribution < -0.4 is 10.6 Å². The third kappa shape index (κ3) is 3.86. The molecule has 1 heterocycles. The number of nitrogen functional groups attached to an aromatic ring is 1. The molecule has 2 N–H and O–H groups in total. The van der Waals surface area contributed by atoms with Gasteiger partial charge >= 0.3 is 0 Å². The predicted molar refractivity (Wildman–Crippen MR) is 77.9 cm³/mol. The van der Waals surface area contributed by atoms with Crippen molar-refractivity contribution >= 4 is 11.6 Å². The molecule has 0 aliphatic heterocycles. The maximum Gasteiger partial charge on any atom is 0.135 e. The Kier molecular flexibility index (Phi) is 4.93. The molecule has 0 saturated heterocycles. The van der Waals surface area contributed by atoms with E-state index in [1.807, 2.05) is 6.07 Å². The second-order valence-electron chi connectivity index (χ2n) is 5.80. The van der Waals surface area contributed by atoms with Crippen LogP contribution in [0.2, 0.25) is 0 Å². The Hall–Kier alpha value is -1.32. The molecule has 18 heavy (non-hydrogen) atoms. The molecule has 0 unspecified atom stereocenters. The van der Waals surface area contributed by atoms with Gasteiger partial charge in [-0.2, -0.15) is 0 Å². The van der Waals surface area contributed by atoms with Crippen molar-refractivity contribution in [3.8, 4) is 0 Å². The minimum atomic E-state index is 0.292. The van der Waals surface area contributed by atoms with Crippen LogP contribution in [0, 0.1) is 5.92 Å². The molecular weight excluding hydrogens is 224 g/mol. The first-order chi connectivity index (χ1) is 8.31. The first kappa shape index (κ1) is 14.7. The monoisotopic (exact) mass is 250 g/mol. The van der Waals surface area contributed by atoms with Gasteiger partial charge in [0.05, 0.1) is 0 Å². The third-order valence-electron chi connectivity index (χ3n) is 2.75. The van der Waals surface area contributed by atoms with Crippen LogP contribution in [0.1, 0.15) is 53.3 Å². The molecule has 0 saturated carbocycles. The van der Waals surface area contributed by atoms with E-state index in [9.17, 15) is 0 Å². The molecule has 0 fully saturated rings. The SMILES string of the molecule is CC(C)CN(c1cc(N)nc(C(C)C)n1)C(C)C. The first-order valence-corrected chi connectivity index (χ1v) is 6.72. The van der Waals surface area contributed by atoms with Crippen LogP contribution in [0.15, 0.2) is 6.07 Å². The second kappa shape index (κ2) is 6.03. The highest BCUT2D eigenvalue weighted by atomic mass is 15.2. The van der Waals surface area contributed by atoms with Crippen LogP contribution in [-0.2, 0) is 0 Å². The number of anilines is 2. The molecule has 1 aromatic heterocycles. The smallest absolute Gasteiger partial charge is 0.135 e. The van der Waals surface area contributed by atoms with Crippen molar-refractivity contribution < 1.29 is 0 Å². The molecule has 1 rings (SSSR count). The van der Waals surface area contributed by atoms with Gasteiger partial charge in [-0.1, -0.05) is 27.7 Å². The molecule has 0 bridgehead atoms. The summed E-state index contributed by atoms with van der Waals surface area (Å²) in [6.07, 6.45) is 0. The number of rotatable bonds is 5. The molecule has 0 amide bonds. The fraction of sp³-hybridized carbons (Fsp3) is 0.714. The average molecular weight is 250 g/mol. The van der Waals surface area contributed by atoms with Crippen molar-refractivity contribution in [1.82, 2.24) is 9.97 Å². The molecular formula is C14H26N4. The average Bonchev–Trinajstić information content (AvgIpc) is 2.24. The highest BCUT2D eigenvalue weighted by Crippen LogP contribution is 2.21. The zero-order chi connectivity index (χ0) is 13.9. The lowest BCUT2D eigenvalue weighted by atomic mass is 10.1. The second-order valence-corrected chi connectivity index (χ2v) is 5.80. The van der Waals surface area contributed by atoms with Gasteiger partial charge < -0.3 is 10.6 Å². The summed E-state index contributed by atoms with van der Waals surface area (Å²) in [5, 5.41) is 0. The first-order valence-electron chi connectivity index (χ1n) is 6.72. The summed E-state index contributed by atoms with van der Waals surface area (Å²) >= 11 is 0. The Morgan fingerprint density at radius 1 is 1.11 bits per heavy atom. The third-order valence-corrected chi connectivity index (χ3v) is 2.75. The quantitative estimate of drug-likeness (QED) is 0.872. The Labute approximate surface area is 111 Å². The summed E-state index contributed by atoms with van der Waals surface area (Å²) in [7, 11) is 0. The Bertz CT molecular complexity index is 385. The molecule has 0 radical (unpaired) electrons. The topological polar surface area (TPSA) is 55.0 Å². The number of hydrogen-bond donors (Lipinski definition) is 1.